The van der Waals surface area contributed by atoms with Crippen LogP contribution in [0.5, 0.6) is 0 Å². The first-order chi connectivity index (χ1) is 13.3. The van der Waals surface area contributed by atoms with Gasteiger partial charge in [-0.1, -0.05) is 34.5 Å². The Balaban J connectivity index is 1.68. The predicted molar refractivity (Wildman–Crippen MR) is 105 cm³/mol. The summed E-state index contributed by atoms with van der Waals surface area (Å²) >= 11 is 13.3. The van der Waals surface area contributed by atoms with Crippen LogP contribution in [0.25, 0.3) is 0 Å². The fourth-order valence-electron chi connectivity index (χ4n) is 3.98. The number of nitrogens with zero attached hydrogens (tertiary/aromatic N) is 3. The molecule has 0 aliphatic carbocycles. The Morgan fingerprint density at radius 2 is 2.07 bits per heavy atom. The Morgan fingerprint density at radius 3 is 2.75 bits per heavy atom. The number of likely N-dealkylation sites (tertiary alicyclic amines) is 1. The topological polar surface area (TPSA) is 62.7 Å². The largest absolute Gasteiger partial charge is 0.453 e. The number of methoxy groups -OCH3 is 1. The van der Waals surface area contributed by atoms with E-state index in [1.54, 1.807) is 21.9 Å². The van der Waals surface area contributed by atoms with E-state index in [1.807, 2.05) is 0 Å². The highest BCUT2D eigenvalue weighted by atomic mass is 35.5. The summed E-state index contributed by atoms with van der Waals surface area (Å²) in [6.45, 7) is 1.32. The molecule has 148 valence electrons. The minimum Gasteiger partial charge on any atom is -0.453 e. The van der Waals surface area contributed by atoms with Crippen molar-refractivity contribution >= 4 is 52.2 Å². The van der Waals surface area contributed by atoms with E-state index in [-0.39, 0.29) is 12.3 Å². The summed E-state index contributed by atoms with van der Waals surface area (Å²) in [6.07, 6.45) is 1.36. The second-order valence-corrected chi connectivity index (χ2v) is 8.80. The van der Waals surface area contributed by atoms with Crippen LogP contribution in [0, 0.1) is 5.13 Å². The highest BCUT2D eigenvalue weighted by Gasteiger charge is 2.50. The average Bonchev–Trinajstić information content (AvgIpc) is 3.35. The summed E-state index contributed by atoms with van der Waals surface area (Å²) < 4.78 is 18.1. The van der Waals surface area contributed by atoms with Gasteiger partial charge in [-0.2, -0.15) is 4.39 Å². The van der Waals surface area contributed by atoms with Gasteiger partial charge in [-0.05, 0) is 24.1 Å². The number of carbonyl (C=O) groups excluding carboxylic acids is 2. The van der Waals surface area contributed by atoms with Gasteiger partial charge in [0.2, 0.25) is 5.91 Å². The summed E-state index contributed by atoms with van der Waals surface area (Å²) in [4.78, 5) is 32.2. The van der Waals surface area contributed by atoms with E-state index in [4.69, 9.17) is 27.9 Å². The molecule has 0 N–H and O–H groups in total. The van der Waals surface area contributed by atoms with E-state index >= 15 is 0 Å². The van der Waals surface area contributed by atoms with Crippen molar-refractivity contribution in [2.75, 3.05) is 31.6 Å². The summed E-state index contributed by atoms with van der Waals surface area (Å²) in [5.41, 5.74) is 1.11. The van der Waals surface area contributed by atoms with Gasteiger partial charge < -0.3 is 14.5 Å². The number of rotatable bonds is 2. The lowest BCUT2D eigenvalue weighted by molar-refractivity contribution is -0.118. The van der Waals surface area contributed by atoms with Gasteiger partial charge in [0.15, 0.2) is 5.13 Å². The molecule has 1 aromatic heterocycles. The molecule has 28 heavy (non-hydrogen) atoms. The van der Waals surface area contributed by atoms with Crippen molar-refractivity contribution in [1.82, 2.24) is 9.88 Å². The lowest BCUT2D eigenvalue weighted by atomic mass is 9.81. The Labute approximate surface area is 174 Å². The van der Waals surface area contributed by atoms with Gasteiger partial charge in [0, 0.05) is 30.7 Å². The molecule has 0 radical (unpaired) electrons. The molecule has 1 saturated heterocycles. The van der Waals surface area contributed by atoms with E-state index < -0.39 is 16.6 Å². The quantitative estimate of drug-likeness (QED) is 0.706. The number of ether oxygens (including phenoxy) is 1. The number of amides is 2. The Kier molecular flexibility index (Phi) is 4.97. The summed E-state index contributed by atoms with van der Waals surface area (Å²) in [6, 6.07) is 3.45. The van der Waals surface area contributed by atoms with Crippen LogP contribution in [0.15, 0.2) is 18.3 Å². The van der Waals surface area contributed by atoms with Gasteiger partial charge >= 0.3 is 6.09 Å². The number of anilines is 1. The molecule has 10 heteroatoms. The maximum atomic E-state index is 13.2. The van der Waals surface area contributed by atoms with Crippen molar-refractivity contribution in [2.24, 2.45) is 0 Å². The molecule has 0 saturated carbocycles. The molecule has 0 unspecified atom stereocenters. The standard InChI is InChI=1S/C18H16Cl2FN3O3S/c1-27-17(26)23-3-2-18(8-23)9-24(13-5-12(20)11(19)4-10(13)18)16(25)6-15-22-7-14(21)28-15/h4-5,7H,2-3,6,8-9H2,1H3/t18-/m1/s1. The van der Waals surface area contributed by atoms with Crippen LogP contribution in [0.2, 0.25) is 10.0 Å². The van der Waals surface area contributed by atoms with Crippen LogP contribution in [-0.2, 0) is 21.4 Å². The van der Waals surface area contributed by atoms with Gasteiger partial charge in [-0.15, -0.1) is 0 Å². The maximum absolute atomic E-state index is 13.2. The summed E-state index contributed by atoms with van der Waals surface area (Å²) in [5.74, 6) is -0.206. The normalized spacial score (nSPS) is 20.7. The third kappa shape index (κ3) is 3.23. The third-order valence-corrected chi connectivity index (χ3v) is 6.78. The van der Waals surface area contributed by atoms with Crippen LogP contribution < -0.4 is 4.90 Å². The molecule has 2 aromatic rings. The van der Waals surface area contributed by atoms with E-state index in [9.17, 15) is 14.0 Å². The minimum atomic E-state index is -0.443. The minimum absolute atomic E-state index is 0.00886. The van der Waals surface area contributed by atoms with Crippen molar-refractivity contribution in [1.29, 1.82) is 0 Å². The lowest BCUT2D eigenvalue weighted by Gasteiger charge is -2.25. The number of hydrogen-bond donors (Lipinski definition) is 0. The molecule has 2 amide bonds. The third-order valence-electron chi connectivity index (χ3n) is 5.28. The van der Waals surface area contributed by atoms with Crippen LogP contribution in [0.3, 0.4) is 0 Å². The first kappa shape index (κ1) is 19.4. The summed E-state index contributed by atoms with van der Waals surface area (Å²) in [5, 5.41) is 0.721. The molecular formula is C18H16Cl2FN3O3S. The van der Waals surface area contributed by atoms with Gasteiger partial charge in [0.25, 0.3) is 0 Å². The second kappa shape index (κ2) is 7.17. The number of hydrogen-bond acceptors (Lipinski definition) is 5. The maximum Gasteiger partial charge on any atom is 0.409 e. The van der Waals surface area contributed by atoms with Gasteiger partial charge in [-0.3, -0.25) is 4.79 Å². The van der Waals surface area contributed by atoms with Crippen LogP contribution in [0.1, 0.15) is 17.0 Å². The van der Waals surface area contributed by atoms with Crippen LogP contribution in [-0.4, -0.2) is 48.6 Å². The number of carbonyl (C=O) groups is 2. The molecule has 1 aromatic carbocycles. The summed E-state index contributed by atoms with van der Waals surface area (Å²) in [7, 11) is 1.34. The molecule has 2 aliphatic rings. The number of aromatic nitrogens is 1. The molecule has 1 spiro atoms. The van der Waals surface area contributed by atoms with Crippen molar-refractivity contribution < 1.29 is 18.7 Å². The monoisotopic (exact) mass is 443 g/mol. The van der Waals surface area contributed by atoms with Gasteiger partial charge in [-0.25, -0.2) is 9.78 Å². The highest BCUT2D eigenvalue weighted by molar-refractivity contribution is 7.10. The molecule has 1 fully saturated rings. The highest BCUT2D eigenvalue weighted by Crippen LogP contribution is 2.49. The molecule has 1 atom stereocenters. The van der Waals surface area contributed by atoms with Crippen molar-refractivity contribution in [2.45, 2.75) is 18.3 Å². The number of fused-ring (bicyclic) bond motifs is 2. The average molecular weight is 444 g/mol. The van der Waals surface area contributed by atoms with E-state index in [0.717, 1.165) is 23.1 Å². The first-order valence-electron chi connectivity index (χ1n) is 8.56. The van der Waals surface area contributed by atoms with Crippen molar-refractivity contribution in [3.8, 4) is 0 Å². The molecule has 3 heterocycles. The zero-order valence-electron chi connectivity index (χ0n) is 14.9. The van der Waals surface area contributed by atoms with Crippen LogP contribution >= 0.6 is 34.5 Å². The Morgan fingerprint density at radius 1 is 1.32 bits per heavy atom. The number of benzene rings is 1. The molecule has 6 nitrogen and oxygen atoms in total. The fraction of sp³-hybridized carbons (Fsp3) is 0.389. The zero-order valence-corrected chi connectivity index (χ0v) is 17.2. The fourth-order valence-corrected chi connectivity index (χ4v) is 4.93. The molecular weight excluding hydrogens is 428 g/mol. The predicted octanol–water partition coefficient (Wildman–Crippen LogP) is 3.89. The molecule has 4 rings (SSSR count). The van der Waals surface area contributed by atoms with Gasteiger partial charge in [0.1, 0.15) is 5.01 Å². The number of thiazole rings is 1. The van der Waals surface area contributed by atoms with Crippen molar-refractivity contribution in [3.63, 3.8) is 0 Å². The van der Waals surface area contributed by atoms with E-state index in [0.29, 0.717) is 46.8 Å². The number of halogens is 3. The zero-order chi connectivity index (χ0) is 20.1. The van der Waals surface area contributed by atoms with Crippen molar-refractivity contribution in [3.05, 3.63) is 44.1 Å². The Bertz CT molecular complexity index is 970. The Hall–Kier alpha value is -1.90. The smallest absolute Gasteiger partial charge is 0.409 e. The molecule has 0 bridgehead atoms. The van der Waals surface area contributed by atoms with E-state index in [1.165, 1.54) is 7.11 Å². The van der Waals surface area contributed by atoms with Gasteiger partial charge in [0.05, 0.1) is 29.8 Å². The molecule has 2 aliphatic heterocycles. The van der Waals surface area contributed by atoms with Crippen LogP contribution in [0.4, 0.5) is 14.9 Å². The van der Waals surface area contributed by atoms with E-state index in [2.05, 4.69) is 4.98 Å². The lowest BCUT2D eigenvalue weighted by Crippen LogP contribution is -2.40. The SMILES string of the molecule is COC(=O)N1CC[C@@]2(C1)CN(C(=O)Cc1ncc(F)s1)c1cc(Cl)c(Cl)cc12. The first-order valence-corrected chi connectivity index (χ1v) is 10.1. The second-order valence-electron chi connectivity index (χ2n) is 6.92.